The number of carbonyl (C=O) groups is 1. The summed E-state index contributed by atoms with van der Waals surface area (Å²) in [7, 11) is 0. The molecule has 1 unspecified atom stereocenters. The second-order valence-electron chi connectivity index (χ2n) is 4.55. The molecule has 1 aliphatic rings. The SMILES string of the molecule is CC(C)C(C)CC1=CC(=O)CCC1. The largest absolute Gasteiger partial charge is 0.295 e. The minimum Gasteiger partial charge on any atom is -0.295 e. The average molecular weight is 180 g/mol. The Labute approximate surface area is 81.2 Å². The van der Waals surface area contributed by atoms with Crippen LogP contribution in [0, 0.1) is 11.8 Å². The third-order valence-corrected chi connectivity index (χ3v) is 3.01. The van der Waals surface area contributed by atoms with Crippen molar-refractivity contribution in [1.29, 1.82) is 0 Å². The van der Waals surface area contributed by atoms with Crippen LogP contribution >= 0.6 is 0 Å². The van der Waals surface area contributed by atoms with Gasteiger partial charge in [-0.25, -0.2) is 0 Å². The summed E-state index contributed by atoms with van der Waals surface area (Å²) < 4.78 is 0. The number of hydrogen-bond acceptors (Lipinski definition) is 1. The molecular weight excluding hydrogens is 160 g/mol. The van der Waals surface area contributed by atoms with Crippen molar-refractivity contribution in [2.75, 3.05) is 0 Å². The number of ketones is 1. The molecule has 1 heteroatoms. The van der Waals surface area contributed by atoms with E-state index in [1.807, 2.05) is 6.08 Å². The van der Waals surface area contributed by atoms with Gasteiger partial charge in [-0.3, -0.25) is 4.79 Å². The van der Waals surface area contributed by atoms with Gasteiger partial charge >= 0.3 is 0 Å². The van der Waals surface area contributed by atoms with Crippen molar-refractivity contribution in [2.24, 2.45) is 11.8 Å². The minimum absolute atomic E-state index is 0.331. The Kier molecular flexibility index (Phi) is 3.71. The Morgan fingerprint density at radius 3 is 2.54 bits per heavy atom. The molecule has 1 rings (SSSR count). The Morgan fingerprint density at radius 2 is 2.00 bits per heavy atom. The third-order valence-electron chi connectivity index (χ3n) is 3.01. The summed E-state index contributed by atoms with van der Waals surface area (Å²) in [6.07, 6.45) is 5.96. The van der Waals surface area contributed by atoms with Crippen LogP contribution in [0.4, 0.5) is 0 Å². The van der Waals surface area contributed by atoms with Crippen molar-refractivity contribution < 1.29 is 4.79 Å². The number of allylic oxidation sites excluding steroid dienone is 2. The van der Waals surface area contributed by atoms with Gasteiger partial charge in [0.1, 0.15) is 0 Å². The van der Waals surface area contributed by atoms with Crippen LogP contribution in [-0.2, 0) is 4.79 Å². The molecule has 0 aromatic carbocycles. The molecule has 0 heterocycles. The molecule has 13 heavy (non-hydrogen) atoms. The molecule has 1 aliphatic carbocycles. The smallest absolute Gasteiger partial charge is 0.155 e. The van der Waals surface area contributed by atoms with Gasteiger partial charge in [-0.15, -0.1) is 0 Å². The van der Waals surface area contributed by atoms with Gasteiger partial charge in [0.15, 0.2) is 5.78 Å². The standard InChI is InChI=1S/C12H20O/c1-9(2)10(3)7-11-5-4-6-12(13)8-11/h8-10H,4-7H2,1-3H3. The van der Waals surface area contributed by atoms with Gasteiger partial charge in [0, 0.05) is 6.42 Å². The van der Waals surface area contributed by atoms with Gasteiger partial charge in [0.25, 0.3) is 0 Å². The van der Waals surface area contributed by atoms with Crippen molar-refractivity contribution in [3.05, 3.63) is 11.6 Å². The van der Waals surface area contributed by atoms with E-state index >= 15 is 0 Å². The normalized spacial score (nSPS) is 20.3. The second kappa shape index (κ2) is 4.59. The maximum Gasteiger partial charge on any atom is 0.155 e. The number of carbonyl (C=O) groups excluding carboxylic acids is 1. The predicted octanol–water partition coefficient (Wildman–Crippen LogP) is 3.35. The minimum atomic E-state index is 0.331. The van der Waals surface area contributed by atoms with E-state index in [1.165, 1.54) is 5.57 Å². The van der Waals surface area contributed by atoms with E-state index < -0.39 is 0 Å². The van der Waals surface area contributed by atoms with Gasteiger partial charge in [-0.1, -0.05) is 26.3 Å². The summed E-state index contributed by atoms with van der Waals surface area (Å²) in [5, 5.41) is 0. The van der Waals surface area contributed by atoms with Crippen molar-refractivity contribution in [2.45, 2.75) is 46.5 Å². The zero-order chi connectivity index (χ0) is 9.84. The van der Waals surface area contributed by atoms with Gasteiger partial charge in [-0.2, -0.15) is 0 Å². The van der Waals surface area contributed by atoms with Gasteiger partial charge < -0.3 is 0 Å². The van der Waals surface area contributed by atoms with E-state index in [0.29, 0.717) is 11.7 Å². The van der Waals surface area contributed by atoms with E-state index in [0.717, 1.165) is 31.6 Å². The topological polar surface area (TPSA) is 17.1 Å². The first-order valence-electron chi connectivity index (χ1n) is 5.32. The van der Waals surface area contributed by atoms with Crippen molar-refractivity contribution >= 4 is 5.78 Å². The molecule has 0 radical (unpaired) electrons. The van der Waals surface area contributed by atoms with Gasteiger partial charge in [0.05, 0.1) is 0 Å². The number of rotatable bonds is 3. The average Bonchev–Trinajstić information content (AvgIpc) is 2.04. The van der Waals surface area contributed by atoms with Crippen LogP contribution in [-0.4, -0.2) is 5.78 Å². The fraction of sp³-hybridized carbons (Fsp3) is 0.750. The van der Waals surface area contributed by atoms with E-state index in [-0.39, 0.29) is 0 Å². The summed E-state index contributed by atoms with van der Waals surface area (Å²) in [4.78, 5) is 11.1. The van der Waals surface area contributed by atoms with Crippen LogP contribution in [0.1, 0.15) is 46.5 Å². The van der Waals surface area contributed by atoms with Gasteiger partial charge in [0.2, 0.25) is 0 Å². The molecule has 0 aromatic rings. The zero-order valence-corrected chi connectivity index (χ0v) is 8.97. The fourth-order valence-electron chi connectivity index (χ4n) is 1.67. The molecule has 0 fully saturated rings. The van der Waals surface area contributed by atoms with Crippen LogP contribution in [0.25, 0.3) is 0 Å². The lowest BCUT2D eigenvalue weighted by molar-refractivity contribution is -0.115. The first-order valence-corrected chi connectivity index (χ1v) is 5.32. The first kappa shape index (κ1) is 10.5. The molecule has 0 aromatic heterocycles. The van der Waals surface area contributed by atoms with Crippen LogP contribution in [0.5, 0.6) is 0 Å². The van der Waals surface area contributed by atoms with Crippen LogP contribution in [0.2, 0.25) is 0 Å². The summed E-state index contributed by atoms with van der Waals surface area (Å²) >= 11 is 0. The molecule has 0 saturated heterocycles. The molecule has 1 nitrogen and oxygen atoms in total. The fourth-order valence-corrected chi connectivity index (χ4v) is 1.67. The first-order chi connectivity index (χ1) is 6.09. The molecule has 0 bridgehead atoms. The van der Waals surface area contributed by atoms with E-state index in [9.17, 15) is 4.79 Å². The Bertz CT molecular complexity index is 213. The highest BCUT2D eigenvalue weighted by Crippen LogP contribution is 2.25. The predicted molar refractivity (Wildman–Crippen MR) is 55.6 cm³/mol. The molecule has 0 aliphatic heterocycles. The molecule has 1 atom stereocenters. The molecule has 0 spiro atoms. The molecule has 0 saturated carbocycles. The molecule has 0 N–H and O–H groups in total. The van der Waals surface area contributed by atoms with E-state index in [1.54, 1.807) is 0 Å². The highest BCUT2D eigenvalue weighted by atomic mass is 16.1. The van der Waals surface area contributed by atoms with E-state index in [4.69, 9.17) is 0 Å². The second-order valence-corrected chi connectivity index (χ2v) is 4.55. The summed E-state index contributed by atoms with van der Waals surface area (Å²) in [5.74, 6) is 1.76. The summed E-state index contributed by atoms with van der Waals surface area (Å²) in [6, 6.07) is 0. The molecule has 74 valence electrons. The monoisotopic (exact) mass is 180 g/mol. The maximum absolute atomic E-state index is 11.1. The Morgan fingerprint density at radius 1 is 1.31 bits per heavy atom. The molecular formula is C12H20O. The van der Waals surface area contributed by atoms with E-state index in [2.05, 4.69) is 20.8 Å². The van der Waals surface area contributed by atoms with Crippen molar-refractivity contribution in [1.82, 2.24) is 0 Å². The lowest BCUT2D eigenvalue weighted by Gasteiger charge is -2.19. The highest BCUT2D eigenvalue weighted by Gasteiger charge is 2.14. The van der Waals surface area contributed by atoms with Crippen LogP contribution < -0.4 is 0 Å². The van der Waals surface area contributed by atoms with Crippen LogP contribution in [0.3, 0.4) is 0 Å². The van der Waals surface area contributed by atoms with Gasteiger partial charge in [-0.05, 0) is 37.2 Å². The zero-order valence-electron chi connectivity index (χ0n) is 8.97. The maximum atomic E-state index is 11.1. The lowest BCUT2D eigenvalue weighted by atomic mass is 9.86. The van der Waals surface area contributed by atoms with Crippen molar-refractivity contribution in [3.8, 4) is 0 Å². The Balaban J connectivity index is 2.48. The summed E-state index contributed by atoms with van der Waals surface area (Å²) in [6.45, 7) is 6.76. The third kappa shape index (κ3) is 3.33. The molecule has 0 amide bonds. The summed E-state index contributed by atoms with van der Waals surface area (Å²) in [5.41, 5.74) is 1.37. The quantitative estimate of drug-likeness (QED) is 0.651. The Hall–Kier alpha value is -0.590. The van der Waals surface area contributed by atoms with Crippen LogP contribution in [0.15, 0.2) is 11.6 Å². The lowest BCUT2D eigenvalue weighted by Crippen LogP contribution is -2.09. The van der Waals surface area contributed by atoms with Crippen molar-refractivity contribution in [3.63, 3.8) is 0 Å². The highest BCUT2D eigenvalue weighted by molar-refractivity contribution is 5.91. The number of hydrogen-bond donors (Lipinski definition) is 0.